The van der Waals surface area contributed by atoms with Crippen LogP contribution in [0.5, 0.6) is 0 Å². The number of nitrogens with zero attached hydrogens (tertiary/aromatic N) is 1. The minimum atomic E-state index is -0.0348. The highest BCUT2D eigenvalue weighted by atomic mass is 79.9. The molecule has 0 saturated heterocycles. The maximum absolute atomic E-state index is 12.3. The second kappa shape index (κ2) is 6.22. The van der Waals surface area contributed by atoms with Crippen LogP contribution in [0.15, 0.2) is 53.0 Å². The van der Waals surface area contributed by atoms with Crippen LogP contribution >= 0.6 is 27.5 Å². The van der Waals surface area contributed by atoms with E-state index in [2.05, 4.69) is 15.9 Å². The average molecular weight is 339 g/mol. The molecule has 0 N–H and O–H groups in total. The summed E-state index contributed by atoms with van der Waals surface area (Å²) in [6.45, 7) is 0.486. The van der Waals surface area contributed by atoms with Gasteiger partial charge in [0.2, 0.25) is 0 Å². The third-order valence-corrected chi connectivity index (χ3v) is 3.88. The number of hydrogen-bond donors (Lipinski definition) is 0. The van der Waals surface area contributed by atoms with Crippen LogP contribution in [0.2, 0.25) is 5.02 Å². The molecule has 0 fully saturated rings. The number of carbonyl (C=O) groups excluding carboxylic acids is 1. The van der Waals surface area contributed by atoms with Gasteiger partial charge < -0.3 is 4.90 Å². The number of amides is 1. The predicted molar refractivity (Wildman–Crippen MR) is 81.4 cm³/mol. The molecule has 0 spiro atoms. The fourth-order valence-corrected chi connectivity index (χ4v) is 2.44. The summed E-state index contributed by atoms with van der Waals surface area (Å²) in [4.78, 5) is 14.0. The van der Waals surface area contributed by atoms with E-state index in [1.807, 2.05) is 42.5 Å². The molecule has 2 nitrogen and oxygen atoms in total. The number of carbonyl (C=O) groups is 1. The third kappa shape index (κ3) is 3.37. The van der Waals surface area contributed by atoms with Gasteiger partial charge in [-0.25, -0.2) is 0 Å². The van der Waals surface area contributed by atoms with Crippen molar-refractivity contribution < 1.29 is 4.79 Å². The summed E-state index contributed by atoms with van der Waals surface area (Å²) in [5.74, 6) is -0.0348. The molecule has 0 saturated carbocycles. The highest BCUT2D eigenvalue weighted by Crippen LogP contribution is 2.20. The number of benzene rings is 2. The van der Waals surface area contributed by atoms with E-state index in [1.165, 1.54) is 0 Å². The van der Waals surface area contributed by atoms with E-state index in [1.54, 1.807) is 18.0 Å². The molecule has 0 aromatic heterocycles. The second-order valence-electron chi connectivity index (χ2n) is 4.23. The normalized spacial score (nSPS) is 10.3. The average Bonchev–Trinajstić information content (AvgIpc) is 2.41. The fraction of sp³-hybridized carbons (Fsp3) is 0.133. The highest BCUT2D eigenvalue weighted by Gasteiger charge is 2.15. The number of halogens is 2. The Balaban J connectivity index is 2.17. The first-order chi connectivity index (χ1) is 9.09. The van der Waals surface area contributed by atoms with Gasteiger partial charge in [0.05, 0.1) is 5.56 Å². The van der Waals surface area contributed by atoms with Gasteiger partial charge in [-0.3, -0.25) is 4.79 Å². The van der Waals surface area contributed by atoms with Gasteiger partial charge in [-0.15, -0.1) is 0 Å². The van der Waals surface area contributed by atoms with Crippen LogP contribution in [0.25, 0.3) is 0 Å². The van der Waals surface area contributed by atoms with Gasteiger partial charge in [-0.1, -0.05) is 41.9 Å². The van der Waals surface area contributed by atoms with Crippen LogP contribution in [-0.4, -0.2) is 17.9 Å². The lowest BCUT2D eigenvalue weighted by molar-refractivity contribution is 0.0784. The summed E-state index contributed by atoms with van der Waals surface area (Å²) in [7, 11) is 1.77. The predicted octanol–water partition coefficient (Wildman–Crippen LogP) is 4.37. The van der Waals surface area contributed by atoms with Gasteiger partial charge in [-0.2, -0.15) is 0 Å². The van der Waals surface area contributed by atoms with Gasteiger partial charge >= 0.3 is 0 Å². The minimum absolute atomic E-state index is 0.0348. The molecule has 0 radical (unpaired) electrons. The van der Waals surface area contributed by atoms with E-state index in [0.717, 1.165) is 10.0 Å². The summed E-state index contributed by atoms with van der Waals surface area (Å²) in [5.41, 5.74) is 1.59. The van der Waals surface area contributed by atoms with Crippen LogP contribution < -0.4 is 0 Å². The standard InChI is InChI=1S/C15H13BrClNO/c1-18(10-11-6-2-5-9-14(11)17)15(19)12-7-3-4-8-13(12)16/h2-9H,10H2,1H3. The van der Waals surface area contributed by atoms with Crippen molar-refractivity contribution in [3.63, 3.8) is 0 Å². The summed E-state index contributed by atoms with van der Waals surface area (Å²) < 4.78 is 0.797. The molecule has 19 heavy (non-hydrogen) atoms. The Morgan fingerprint density at radius 1 is 1.16 bits per heavy atom. The largest absolute Gasteiger partial charge is 0.337 e. The zero-order valence-corrected chi connectivity index (χ0v) is 12.8. The quantitative estimate of drug-likeness (QED) is 0.813. The Bertz CT molecular complexity index is 600. The molecule has 0 bridgehead atoms. The van der Waals surface area contributed by atoms with E-state index in [9.17, 15) is 4.79 Å². The summed E-state index contributed by atoms with van der Waals surface area (Å²) in [6, 6.07) is 14.9. The van der Waals surface area contributed by atoms with Gasteiger partial charge in [0.15, 0.2) is 0 Å². The van der Waals surface area contributed by atoms with Gasteiger partial charge in [-0.05, 0) is 39.7 Å². The van der Waals surface area contributed by atoms with Crippen molar-refractivity contribution >= 4 is 33.4 Å². The Hall–Kier alpha value is -1.32. The van der Waals surface area contributed by atoms with E-state index in [0.29, 0.717) is 17.1 Å². The first kappa shape index (κ1) is 14.1. The van der Waals surface area contributed by atoms with Crippen molar-refractivity contribution in [1.29, 1.82) is 0 Å². The lowest BCUT2D eigenvalue weighted by Crippen LogP contribution is -2.26. The Labute approximate surface area is 126 Å². The van der Waals surface area contributed by atoms with Crippen LogP contribution in [-0.2, 0) is 6.54 Å². The Morgan fingerprint density at radius 3 is 2.47 bits per heavy atom. The topological polar surface area (TPSA) is 20.3 Å². The van der Waals surface area contributed by atoms with Crippen molar-refractivity contribution in [3.05, 3.63) is 69.2 Å². The minimum Gasteiger partial charge on any atom is -0.337 e. The van der Waals surface area contributed by atoms with Crippen molar-refractivity contribution in [2.75, 3.05) is 7.05 Å². The molecular weight excluding hydrogens is 326 g/mol. The molecule has 2 aromatic rings. The first-order valence-electron chi connectivity index (χ1n) is 5.83. The zero-order valence-electron chi connectivity index (χ0n) is 10.4. The highest BCUT2D eigenvalue weighted by molar-refractivity contribution is 9.10. The second-order valence-corrected chi connectivity index (χ2v) is 5.49. The molecule has 0 atom stereocenters. The van der Waals surface area contributed by atoms with E-state index < -0.39 is 0 Å². The van der Waals surface area contributed by atoms with Crippen molar-refractivity contribution in [2.45, 2.75) is 6.54 Å². The summed E-state index contributed by atoms with van der Waals surface area (Å²) >= 11 is 9.49. The molecule has 0 heterocycles. The van der Waals surface area contributed by atoms with Crippen molar-refractivity contribution in [3.8, 4) is 0 Å². The van der Waals surface area contributed by atoms with E-state index in [4.69, 9.17) is 11.6 Å². The molecular formula is C15H13BrClNO. The maximum Gasteiger partial charge on any atom is 0.255 e. The molecule has 0 aliphatic heterocycles. The first-order valence-corrected chi connectivity index (χ1v) is 7.00. The lowest BCUT2D eigenvalue weighted by atomic mass is 10.1. The van der Waals surface area contributed by atoms with Crippen LogP contribution in [0.1, 0.15) is 15.9 Å². The fourth-order valence-electron chi connectivity index (χ4n) is 1.79. The van der Waals surface area contributed by atoms with E-state index >= 15 is 0 Å². The summed E-state index contributed by atoms with van der Waals surface area (Å²) in [6.07, 6.45) is 0. The molecule has 4 heteroatoms. The van der Waals surface area contributed by atoms with E-state index in [-0.39, 0.29) is 5.91 Å². The maximum atomic E-state index is 12.3. The Kier molecular flexibility index (Phi) is 4.61. The molecule has 0 unspecified atom stereocenters. The lowest BCUT2D eigenvalue weighted by Gasteiger charge is -2.18. The number of rotatable bonds is 3. The third-order valence-electron chi connectivity index (χ3n) is 2.82. The van der Waals surface area contributed by atoms with Gasteiger partial charge in [0.1, 0.15) is 0 Å². The number of hydrogen-bond acceptors (Lipinski definition) is 1. The van der Waals surface area contributed by atoms with Crippen molar-refractivity contribution in [1.82, 2.24) is 4.90 Å². The van der Waals surface area contributed by atoms with Crippen LogP contribution in [0, 0.1) is 0 Å². The van der Waals surface area contributed by atoms with Gasteiger partial charge in [0.25, 0.3) is 5.91 Å². The van der Waals surface area contributed by atoms with Gasteiger partial charge in [0, 0.05) is 23.1 Å². The van der Waals surface area contributed by atoms with Crippen LogP contribution in [0.4, 0.5) is 0 Å². The molecule has 1 amide bonds. The van der Waals surface area contributed by atoms with Crippen molar-refractivity contribution in [2.24, 2.45) is 0 Å². The smallest absolute Gasteiger partial charge is 0.255 e. The molecule has 98 valence electrons. The molecule has 0 aliphatic carbocycles. The molecule has 2 rings (SSSR count). The molecule has 2 aromatic carbocycles. The monoisotopic (exact) mass is 337 g/mol. The van der Waals surface area contributed by atoms with Crippen LogP contribution in [0.3, 0.4) is 0 Å². The summed E-state index contributed by atoms with van der Waals surface area (Å²) in [5, 5.41) is 0.675. The zero-order chi connectivity index (χ0) is 13.8. The Morgan fingerprint density at radius 2 is 1.79 bits per heavy atom. The SMILES string of the molecule is CN(Cc1ccccc1Cl)C(=O)c1ccccc1Br. The molecule has 0 aliphatic rings.